The highest BCUT2D eigenvalue weighted by Gasteiger charge is 2.30. The van der Waals surface area contributed by atoms with Crippen LogP contribution in [0.15, 0.2) is 0 Å². The quantitative estimate of drug-likeness (QED) is 0.0222. The standard InChI is InChI=1S/C75H146O17P2/c1-9-67(7)53-45-37-28-24-19-17-15-13-11-12-14-16-18-20-25-29-41-49-57-74(79)91-70(61-85-72(77)55-47-39-33-31-36-44-52-66(5)6)63-89-93(81,82)87-59-69(76)60-88-94(83,84)90-64-71(62-86-73(78)56-48-40-34-32-38-46-54-68(8)10-2)92-75(80)58-50-42-30-26-22-21-23-27-35-43-51-65(3)4/h65-71,76H,9-64H2,1-8H3,(H,81,82)(H,83,84)/t67?,68?,69-,70+,71+/m0/s1. The van der Waals surface area contributed by atoms with Crippen molar-refractivity contribution < 1.29 is 80.2 Å². The number of phosphoric acid groups is 2. The Morgan fingerprint density at radius 3 is 0.755 bits per heavy atom. The van der Waals surface area contributed by atoms with Crippen LogP contribution in [0.4, 0.5) is 0 Å². The van der Waals surface area contributed by atoms with Crippen molar-refractivity contribution in [2.75, 3.05) is 39.6 Å². The van der Waals surface area contributed by atoms with Crippen molar-refractivity contribution in [2.45, 2.75) is 395 Å². The zero-order valence-electron chi connectivity index (χ0n) is 61.6. The van der Waals surface area contributed by atoms with E-state index in [9.17, 15) is 43.2 Å². The maximum absolute atomic E-state index is 13.0. The summed E-state index contributed by atoms with van der Waals surface area (Å²) < 4.78 is 68.4. The number of unbranched alkanes of at least 4 members (excludes halogenated alkanes) is 36. The number of carbonyl (C=O) groups excluding carboxylic acids is 4. The smallest absolute Gasteiger partial charge is 0.462 e. The van der Waals surface area contributed by atoms with Crippen LogP contribution in [0.25, 0.3) is 0 Å². The molecule has 0 saturated heterocycles. The van der Waals surface area contributed by atoms with Crippen LogP contribution in [0.1, 0.15) is 376 Å². The van der Waals surface area contributed by atoms with Crippen LogP contribution >= 0.6 is 15.6 Å². The molecule has 94 heavy (non-hydrogen) atoms. The molecule has 0 radical (unpaired) electrons. The lowest BCUT2D eigenvalue weighted by Crippen LogP contribution is -2.30. The molecule has 558 valence electrons. The fraction of sp³-hybridized carbons (Fsp3) is 0.947. The molecule has 0 aliphatic rings. The van der Waals surface area contributed by atoms with Crippen molar-refractivity contribution in [3.05, 3.63) is 0 Å². The van der Waals surface area contributed by atoms with Crippen LogP contribution in [0.3, 0.4) is 0 Å². The summed E-state index contributed by atoms with van der Waals surface area (Å²) in [5.74, 6) is 0.906. The molecule has 17 nitrogen and oxygen atoms in total. The van der Waals surface area contributed by atoms with E-state index in [-0.39, 0.29) is 25.7 Å². The Kier molecular flexibility index (Phi) is 63.1. The van der Waals surface area contributed by atoms with Crippen molar-refractivity contribution in [1.82, 2.24) is 0 Å². The van der Waals surface area contributed by atoms with Gasteiger partial charge in [0.25, 0.3) is 0 Å². The Morgan fingerprint density at radius 2 is 0.511 bits per heavy atom. The van der Waals surface area contributed by atoms with Gasteiger partial charge in [0.1, 0.15) is 19.3 Å². The molecule has 0 fully saturated rings. The summed E-state index contributed by atoms with van der Waals surface area (Å²) in [6.07, 6.45) is 48.9. The normalized spacial score (nSPS) is 14.7. The summed E-state index contributed by atoms with van der Waals surface area (Å²) in [5.41, 5.74) is 0. The van der Waals surface area contributed by atoms with Gasteiger partial charge in [-0.3, -0.25) is 37.3 Å². The molecular formula is C75H146O17P2. The van der Waals surface area contributed by atoms with Gasteiger partial charge in [-0.25, -0.2) is 9.13 Å². The van der Waals surface area contributed by atoms with E-state index in [0.717, 1.165) is 120 Å². The van der Waals surface area contributed by atoms with Crippen LogP contribution in [-0.4, -0.2) is 96.7 Å². The lowest BCUT2D eigenvalue weighted by atomic mass is 9.99. The number of rotatable bonds is 72. The molecule has 0 aromatic heterocycles. The van der Waals surface area contributed by atoms with Gasteiger partial charge in [-0.05, 0) is 49.4 Å². The molecule has 0 spiro atoms. The maximum Gasteiger partial charge on any atom is 0.472 e. The number of phosphoric ester groups is 2. The van der Waals surface area contributed by atoms with Gasteiger partial charge in [0.2, 0.25) is 0 Å². The van der Waals surface area contributed by atoms with Crippen LogP contribution in [0.2, 0.25) is 0 Å². The predicted octanol–water partition coefficient (Wildman–Crippen LogP) is 21.7. The van der Waals surface area contributed by atoms with E-state index in [4.69, 9.17) is 37.0 Å². The average Bonchev–Trinajstić information content (AvgIpc) is 1.37. The first-order valence-electron chi connectivity index (χ1n) is 38.8. The number of aliphatic hydroxyl groups is 1. The minimum absolute atomic E-state index is 0.104. The minimum atomic E-state index is -4.96. The minimum Gasteiger partial charge on any atom is -0.462 e. The first kappa shape index (κ1) is 92.1. The number of hydrogen-bond acceptors (Lipinski definition) is 15. The van der Waals surface area contributed by atoms with Crippen molar-refractivity contribution in [1.29, 1.82) is 0 Å². The molecule has 3 N–H and O–H groups in total. The maximum atomic E-state index is 13.0. The van der Waals surface area contributed by atoms with Gasteiger partial charge in [-0.15, -0.1) is 0 Å². The highest BCUT2D eigenvalue weighted by atomic mass is 31.2. The molecule has 0 amide bonds. The van der Waals surface area contributed by atoms with Crippen LogP contribution < -0.4 is 0 Å². The number of aliphatic hydroxyl groups excluding tert-OH is 1. The summed E-state index contributed by atoms with van der Waals surface area (Å²) in [7, 11) is -9.91. The number of ether oxygens (including phenoxy) is 4. The van der Waals surface area contributed by atoms with Gasteiger partial charge in [0, 0.05) is 25.7 Å². The van der Waals surface area contributed by atoms with Crippen LogP contribution in [0, 0.1) is 23.7 Å². The highest BCUT2D eigenvalue weighted by Crippen LogP contribution is 2.45. The Bertz CT molecular complexity index is 1850. The molecule has 0 saturated carbocycles. The summed E-state index contributed by atoms with van der Waals surface area (Å²) in [5, 5.41) is 10.6. The molecule has 0 rings (SSSR count). The third-order valence-corrected chi connectivity index (χ3v) is 19.9. The van der Waals surface area contributed by atoms with E-state index in [1.165, 1.54) is 167 Å². The molecule has 19 heteroatoms. The molecule has 4 unspecified atom stereocenters. The molecule has 0 heterocycles. The highest BCUT2D eigenvalue weighted by molar-refractivity contribution is 7.47. The lowest BCUT2D eigenvalue weighted by Gasteiger charge is -2.21. The van der Waals surface area contributed by atoms with Gasteiger partial charge in [-0.1, -0.05) is 325 Å². The number of hydrogen-bond donors (Lipinski definition) is 3. The summed E-state index contributed by atoms with van der Waals surface area (Å²) >= 11 is 0. The van der Waals surface area contributed by atoms with Gasteiger partial charge in [0.15, 0.2) is 12.2 Å². The van der Waals surface area contributed by atoms with E-state index >= 15 is 0 Å². The molecule has 0 aliphatic heterocycles. The molecule has 0 aromatic rings. The Hall–Kier alpha value is -1.94. The van der Waals surface area contributed by atoms with Crippen LogP contribution in [-0.2, 0) is 65.4 Å². The zero-order chi connectivity index (χ0) is 69.6. The fourth-order valence-corrected chi connectivity index (χ4v) is 12.9. The molecule has 0 aromatic carbocycles. The molecule has 7 atom stereocenters. The molecule has 0 bridgehead atoms. The van der Waals surface area contributed by atoms with E-state index in [1.54, 1.807) is 0 Å². The van der Waals surface area contributed by atoms with Crippen molar-refractivity contribution in [2.24, 2.45) is 23.7 Å². The Balaban J connectivity index is 5.15. The molecule has 0 aliphatic carbocycles. The average molecular weight is 1380 g/mol. The Labute approximate surface area is 575 Å². The second-order valence-corrected chi connectivity index (χ2v) is 31.4. The zero-order valence-corrected chi connectivity index (χ0v) is 63.4. The topological polar surface area (TPSA) is 237 Å². The van der Waals surface area contributed by atoms with Crippen molar-refractivity contribution in [3.63, 3.8) is 0 Å². The number of esters is 4. The first-order chi connectivity index (χ1) is 45.2. The summed E-state index contributed by atoms with van der Waals surface area (Å²) in [6.45, 7) is 14.1. The summed E-state index contributed by atoms with van der Waals surface area (Å²) in [6, 6.07) is 0. The number of carbonyl (C=O) groups is 4. The largest absolute Gasteiger partial charge is 0.472 e. The van der Waals surface area contributed by atoms with E-state index in [2.05, 4.69) is 55.4 Å². The van der Waals surface area contributed by atoms with Crippen molar-refractivity contribution >= 4 is 39.5 Å². The third kappa shape index (κ3) is 66.0. The van der Waals surface area contributed by atoms with Gasteiger partial charge < -0.3 is 33.8 Å². The SMILES string of the molecule is CCC(C)CCCCCCCCCCCCCCCCCCCCC(=O)O[C@H](COC(=O)CCCCCCCCC(C)C)COP(=O)(O)OC[C@H](O)COP(=O)(O)OC[C@@H](COC(=O)CCCCCCCCC(C)CC)OC(=O)CCCCCCCCCCCCC(C)C. The van der Waals surface area contributed by atoms with Crippen molar-refractivity contribution in [3.8, 4) is 0 Å². The second-order valence-electron chi connectivity index (χ2n) is 28.5. The van der Waals surface area contributed by atoms with Gasteiger partial charge >= 0.3 is 39.5 Å². The third-order valence-electron chi connectivity index (χ3n) is 18.0. The monoisotopic (exact) mass is 1380 g/mol. The first-order valence-corrected chi connectivity index (χ1v) is 41.8. The van der Waals surface area contributed by atoms with Gasteiger partial charge in [-0.2, -0.15) is 0 Å². The predicted molar refractivity (Wildman–Crippen MR) is 381 cm³/mol. The van der Waals surface area contributed by atoms with E-state index in [0.29, 0.717) is 31.6 Å². The Morgan fingerprint density at radius 1 is 0.298 bits per heavy atom. The molecular weight excluding hydrogens is 1230 g/mol. The second kappa shape index (κ2) is 64.4. The van der Waals surface area contributed by atoms with E-state index in [1.807, 2.05) is 0 Å². The fourth-order valence-electron chi connectivity index (χ4n) is 11.3. The van der Waals surface area contributed by atoms with Gasteiger partial charge in [0.05, 0.1) is 26.4 Å². The lowest BCUT2D eigenvalue weighted by molar-refractivity contribution is -0.161. The van der Waals surface area contributed by atoms with Crippen LogP contribution in [0.5, 0.6) is 0 Å². The van der Waals surface area contributed by atoms with E-state index < -0.39 is 97.5 Å². The summed E-state index contributed by atoms with van der Waals surface area (Å²) in [4.78, 5) is 72.6.